The Morgan fingerprint density at radius 1 is 1.56 bits per heavy atom. The molecule has 4 heteroatoms. The van der Waals surface area contributed by atoms with Crippen molar-refractivity contribution >= 4 is 0 Å². The fraction of sp³-hybridized carbons (Fsp3) is 0.417. The summed E-state index contributed by atoms with van der Waals surface area (Å²) in [6, 6.07) is 5.75. The van der Waals surface area contributed by atoms with Gasteiger partial charge in [0.1, 0.15) is 0 Å². The van der Waals surface area contributed by atoms with Crippen molar-refractivity contribution in [3.05, 3.63) is 42.7 Å². The van der Waals surface area contributed by atoms with Crippen molar-refractivity contribution < 1.29 is 9.84 Å². The number of aliphatic hydroxyl groups is 1. The van der Waals surface area contributed by atoms with Crippen LogP contribution in [0.15, 0.2) is 37.1 Å². The third-order valence-corrected chi connectivity index (χ3v) is 1.96. The van der Waals surface area contributed by atoms with Gasteiger partial charge in [-0.05, 0) is 12.1 Å². The molecular weight excluding hydrogens is 204 g/mol. The fourth-order valence-corrected chi connectivity index (χ4v) is 1.22. The van der Waals surface area contributed by atoms with Crippen molar-refractivity contribution in [1.82, 2.24) is 10.3 Å². The van der Waals surface area contributed by atoms with E-state index in [-0.39, 0.29) is 0 Å². The quantitative estimate of drug-likeness (QED) is 0.503. The summed E-state index contributed by atoms with van der Waals surface area (Å²) in [5.41, 5.74) is 0.960. The number of pyridine rings is 1. The van der Waals surface area contributed by atoms with Gasteiger partial charge in [-0.2, -0.15) is 0 Å². The van der Waals surface area contributed by atoms with Crippen molar-refractivity contribution in [1.29, 1.82) is 0 Å². The Hall–Kier alpha value is -1.23. The number of aliphatic hydroxyl groups excluding tert-OH is 1. The highest BCUT2D eigenvalue weighted by Crippen LogP contribution is 1.92. The molecule has 0 spiro atoms. The van der Waals surface area contributed by atoms with Crippen LogP contribution in [0, 0.1) is 0 Å². The SMILES string of the molecule is C=CCOCC(O)CNCc1ccccn1. The zero-order valence-corrected chi connectivity index (χ0v) is 9.30. The molecule has 1 unspecified atom stereocenters. The molecule has 2 N–H and O–H groups in total. The number of hydrogen-bond donors (Lipinski definition) is 2. The molecule has 16 heavy (non-hydrogen) atoms. The van der Waals surface area contributed by atoms with Gasteiger partial charge in [0.05, 0.1) is 25.0 Å². The summed E-state index contributed by atoms with van der Waals surface area (Å²) in [5.74, 6) is 0. The molecule has 0 bridgehead atoms. The van der Waals surface area contributed by atoms with Crippen LogP contribution < -0.4 is 5.32 Å². The number of hydrogen-bond acceptors (Lipinski definition) is 4. The van der Waals surface area contributed by atoms with Crippen LogP contribution in [0.5, 0.6) is 0 Å². The Morgan fingerprint density at radius 2 is 2.44 bits per heavy atom. The van der Waals surface area contributed by atoms with Crippen LogP contribution in [-0.2, 0) is 11.3 Å². The lowest BCUT2D eigenvalue weighted by atomic mass is 10.3. The van der Waals surface area contributed by atoms with Crippen molar-refractivity contribution in [3.8, 4) is 0 Å². The predicted molar refractivity (Wildman–Crippen MR) is 63.0 cm³/mol. The molecule has 0 aliphatic rings. The van der Waals surface area contributed by atoms with Gasteiger partial charge in [-0.25, -0.2) is 0 Å². The summed E-state index contributed by atoms with van der Waals surface area (Å²) in [5, 5.41) is 12.6. The maximum absolute atomic E-state index is 9.51. The largest absolute Gasteiger partial charge is 0.389 e. The second kappa shape index (κ2) is 7.98. The van der Waals surface area contributed by atoms with Gasteiger partial charge in [0.15, 0.2) is 0 Å². The minimum atomic E-state index is -0.497. The van der Waals surface area contributed by atoms with Gasteiger partial charge in [-0.1, -0.05) is 12.1 Å². The van der Waals surface area contributed by atoms with E-state index in [1.165, 1.54) is 0 Å². The third kappa shape index (κ3) is 5.60. The second-order valence-corrected chi connectivity index (χ2v) is 3.43. The van der Waals surface area contributed by atoms with Gasteiger partial charge in [-0.15, -0.1) is 6.58 Å². The van der Waals surface area contributed by atoms with Crippen molar-refractivity contribution in [3.63, 3.8) is 0 Å². The summed E-state index contributed by atoms with van der Waals surface area (Å²) in [6.45, 7) is 5.46. The smallest absolute Gasteiger partial charge is 0.0897 e. The maximum Gasteiger partial charge on any atom is 0.0897 e. The minimum Gasteiger partial charge on any atom is -0.389 e. The van der Waals surface area contributed by atoms with E-state index in [0.717, 1.165) is 5.69 Å². The molecule has 1 aromatic heterocycles. The molecule has 1 atom stereocenters. The highest BCUT2D eigenvalue weighted by Gasteiger charge is 2.03. The molecule has 0 saturated carbocycles. The molecule has 1 heterocycles. The van der Waals surface area contributed by atoms with Gasteiger partial charge in [0.25, 0.3) is 0 Å². The van der Waals surface area contributed by atoms with E-state index in [4.69, 9.17) is 4.74 Å². The van der Waals surface area contributed by atoms with E-state index in [2.05, 4.69) is 16.9 Å². The zero-order chi connectivity index (χ0) is 11.6. The van der Waals surface area contributed by atoms with E-state index in [1.807, 2.05) is 18.2 Å². The Kier molecular flexibility index (Phi) is 6.41. The number of nitrogens with one attached hydrogen (secondary N) is 1. The minimum absolute atomic E-state index is 0.321. The number of rotatable bonds is 8. The molecule has 4 nitrogen and oxygen atoms in total. The molecular formula is C12H18N2O2. The summed E-state index contributed by atoms with van der Waals surface area (Å²) in [4.78, 5) is 4.16. The van der Waals surface area contributed by atoms with E-state index in [1.54, 1.807) is 12.3 Å². The van der Waals surface area contributed by atoms with Crippen molar-refractivity contribution in [2.24, 2.45) is 0 Å². The monoisotopic (exact) mass is 222 g/mol. The Bertz CT molecular complexity index is 290. The lowest BCUT2D eigenvalue weighted by Crippen LogP contribution is -2.30. The van der Waals surface area contributed by atoms with Crippen LogP contribution in [-0.4, -0.2) is 36.0 Å². The maximum atomic E-state index is 9.51. The fourth-order valence-electron chi connectivity index (χ4n) is 1.22. The summed E-state index contributed by atoms with van der Waals surface area (Å²) >= 11 is 0. The van der Waals surface area contributed by atoms with Gasteiger partial charge < -0.3 is 15.2 Å². The van der Waals surface area contributed by atoms with Crippen LogP contribution in [0.3, 0.4) is 0 Å². The highest BCUT2D eigenvalue weighted by atomic mass is 16.5. The number of ether oxygens (including phenoxy) is 1. The molecule has 88 valence electrons. The van der Waals surface area contributed by atoms with Crippen molar-refractivity contribution in [2.75, 3.05) is 19.8 Å². The van der Waals surface area contributed by atoms with Crippen LogP contribution in [0.25, 0.3) is 0 Å². The normalized spacial score (nSPS) is 12.3. The Balaban J connectivity index is 2.08. The van der Waals surface area contributed by atoms with Gasteiger partial charge in [0.2, 0.25) is 0 Å². The molecule has 0 aliphatic heterocycles. The first-order chi connectivity index (χ1) is 7.83. The Morgan fingerprint density at radius 3 is 3.12 bits per heavy atom. The van der Waals surface area contributed by atoms with Crippen LogP contribution in [0.1, 0.15) is 5.69 Å². The van der Waals surface area contributed by atoms with Crippen LogP contribution in [0.4, 0.5) is 0 Å². The molecule has 0 saturated heterocycles. The lowest BCUT2D eigenvalue weighted by molar-refractivity contribution is 0.0493. The molecule has 1 aromatic rings. The third-order valence-electron chi connectivity index (χ3n) is 1.96. The first-order valence-corrected chi connectivity index (χ1v) is 5.30. The summed E-state index contributed by atoms with van der Waals surface area (Å²) in [7, 11) is 0. The van der Waals surface area contributed by atoms with Crippen LogP contribution >= 0.6 is 0 Å². The average molecular weight is 222 g/mol. The average Bonchev–Trinajstić information content (AvgIpc) is 2.31. The zero-order valence-electron chi connectivity index (χ0n) is 9.30. The first-order valence-electron chi connectivity index (χ1n) is 5.30. The molecule has 0 amide bonds. The van der Waals surface area contributed by atoms with E-state index >= 15 is 0 Å². The molecule has 0 fully saturated rings. The summed E-state index contributed by atoms with van der Waals surface area (Å²) < 4.78 is 5.12. The molecule has 1 rings (SSSR count). The highest BCUT2D eigenvalue weighted by molar-refractivity contribution is 5.02. The van der Waals surface area contributed by atoms with Gasteiger partial charge >= 0.3 is 0 Å². The standard InChI is InChI=1S/C12H18N2O2/c1-2-7-16-10-12(15)9-13-8-11-5-3-4-6-14-11/h2-6,12-13,15H,1,7-10H2. The molecule has 0 radical (unpaired) electrons. The van der Waals surface area contributed by atoms with Crippen molar-refractivity contribution in [2.45, 2.75) is 12.6 Å². The predicted octanol–water partition coefficient (Wildman–Crippen LogP) is 0.735. The number of nitrogens with zero attached hydrogens (tertiary/aromatic N) is 1. The molecule has 0 aliphatic carbocycles. The Labute approximate surface area is 96.0 Å². The van der Waals surface area contributed by atoms with Gasteiger partial charge in [0, 0.05) is 19.3 Å². The van der Waals surface area contributed by atoms with E-state index in [9.17, 15) is 5.11 Å². The topological polar surface area (TPSA) is 54.4 Å². The first kappa shape index (κ1) is 12.8. The van der Waals surface area contributed by atoms with Crippen LogP contribution in [0.2, 0.25) is 0 Å². The van der Waals surface area contributed by atoms with E-state index < -0.39 is 6.10 Å². The molecule has 0 aromatic carbocycles. The second-order valence-electron chi connectivity index (χ2n) is 3.43. The number of aromatic nitrogens is 1. The van der Waals surface area contributed by atoms with E-state index in [0.29, 0.717) is 26.3 Å². The van der Waals surface area contributed by atoms with Gasteiger partial charge in [-0.3, -0.25) is 4.98 Å². The lowest BCUT2D eigenvalue weighted by Gasteiger charge is -2.11. The summed E-state index contributed by atoms with van der Waals surface area (Å²) in [6.07, 6.45) is 2.91.